The molecule has 2 aliphatic heterocycles. The Morgan fingerprint density at radius 3 is 2.70 bits per heavy atom. The summed E-state index contributed by atoms with van der Waals surface area (Å²) in [6.07, 6.45) is 7.07. The van der Waals surface area contributed by atoms with E-state index >= 15 is 0 Å². The van der Waals surface area contributed by atoms with Crippen LogP contribution in [0.15, 0.2) is 48.5 Å². The Morgan fingerprint density at radius 1 is 1.07 bits per heavy atom. The predicted octanol–water partition coefficient (Wildman–Crippen LogP) is 5.09. The van der Waals surface area contributed by atoms with Crippen molar-refractivity contribution in [1.82, 2.24) is 4.90 Å². The predicted molar refractivity (Wildman–Crippen MR) is 150 cm³/mol. The van der Waals surface area contributed by atoms with Crippen molar-refractivity contribution in [3.05, 3.63) is 59.7 Å². The number of unbranched alkanes of at least 4 members (excludes halogenated alkanes) is 2. The number of carbonyl (C=O) groups is 1. The number of ether oxygens (including phenoxy) is 1. The Bertz CT molecular complexity index is 1250. The molecule has 2 aromatic carbocycles. The van der Waals surface area contributed by atoms with E-state index in [9.17, 15) is 19.4 Å². The van der Waals surface area contributed by atoms with Gasteiger partial charge in [-0.25, -0.2) is 4.57 Å². The standard InChI is InChI=1S/C31H40NO7P/c33-26-14-16-31(34)25-15-17-32(21-23-10-11-23)29(31)20-24-12-13-27(28(19-24)38-30(25)26)39-40(35,36)37-18-6-2-5-9-22-7-3-1-4-8-22/h1,3-4,7-8,12-13,19,23,25,29-30,34H,2,5-6,9-11,14-18,20-21H2,(H,35,36). The molecule has 5 atom stereocenters. The maximum atomic E-state index is 13.1. The van der Waals surface area contributed by atoms with Crippen molar-refractivity contribution in [2.24, 2.45) is 11.8 Å². The molecule has 40 heavy (non-hydrogen) atoms. The van der Waals surface area contributed by atoms with E-state index in [0.717, 1.165) is 37.9 Å². The van der Waals surface area contributed by atoms with Crippen LogP contribution in [-0.4, -0.2) is 58.1 Å². The molecule has 2 aromatic rings. The number of fused-ring (bicyclic) bond motifs is 2. The number of phosphoric acid groups is 1. The largest absolute Gasteiger partial charge is 0.527 e. The van der Waals surface area contributed by atoms with Crippen molar-refractivity contribution in [3.63, 3.8) is 0 Å². The molecule has 2 N–H and O–H groups in total. The number of hydrogen-bond donors (Lipinski definition) is 2. The van der Waals surface area contributed by atoms with Gasteiger partial charge in [-0.2, -0.15) is 0 Å². The second kappa shape index (κ2) is 11.6. The van der Waals surface area contributed by atoms with Gasteiger partial charge in [0.15, 0.2) is 23.4 Å². The third kappa shape index (κ3) is 6.17. The fourth-order valence-electron chi connectivity index (χ4n) is 6.82. The SMILES string of the molecule is O=C1CCC2(O)C3CCN(CC4CC4)C2Cc2ccc(OP(=O)(O)OCCCCCc4ccccc4)c(c2)OC13. The lowest BCUT2D eigenvalue weighted by molar-refractivity contribution is -0.177. The molecular weight excluding hydrogens is 529 g/mol. The average Bonchev–Trinajstić information content (AvgIpc) is 3.75. The molecule has 5 unspecified atom stereocenters. The summed E-state index contributed by atoms with van der Waals surface area (Å²) < 4.78 is 29.9. The Labute approximate surface area is 236 Å². The minimum Gasteiger partial charge on any atom is -0.478 e. The van der Waals surface area contributed by atoms with E-state index in [2.05, 4.69) is 17.0 Å². The van der Waals surface area contributed by atoms with Gasteiger partial charge in [0.1, 0.15) is 0 Å². The van der Waals surface area contributed by atoms with Crippen LogP contribution in [0.5, 0.6) is 11.5 Å². The van der Waals surface area contributed by atoms with E-state index < -0.39 is 19.5 Å². The van der Waals surface area contributed by atoms with Gasteiger partial charge in [-0.15, -0.1) is 0 Å². The van der Waals surface area contributed by atoms with Crippen molar-refractivity contribution in [3.8, 4) is 11.5 Å². The fourth-order valence-corrected chi connectivity index (χ4v) is 7.64. The van der Waals surface area contributed by atoms with Gasteiger partial charge >= 0.3 is 7.82 Å². The number of aliphatic hydroxyl groups is 1. The molecule has 216 valence electrons. The third-order valence-electron chi connectivity index (χ3n) is 9.14. The van der Waals surface area contributed by atoms with Crippen molar-refractivity contribution in [2.45, 2.75) is 82.0 Å². The first-order valence-electron chi connectivity index (χ1n) is 14.8. The molecule has 8 nitrogen and oxygen atoms in total. The number of ketones is 1. The van der Waals surface area contributed by atoms with Crippen LogP contribution < -0.4 is 9.26 Å². The van der Waals surface area contributed by atoms with E-state index in [1.165, 1.54) is 18.4 Å². The maximum Gasteiger partial charge on any atom is 0.527 e. The Balaban J connectivity index is 1.13. The van der Waals surface area contributed by atoms with Crippen LogP contribution in [0.4, 0.5) is 0 Å². The number of rotatable bonds is 11. The molecule has 2 heterocycles. The number of likely N-dealkylation sites (tertiary alicyclic amines) is 1. The number of aryl methyl sites for hydroxylation is 1. The van der Waals surface area contributed by atoms with Crippen LogP contribution in [-0.2, 0) is 26.7 Å². The highest BCUT2D eigenvalue weighted by Gasteiger charge is 2.57. The number of piperidine rings is 1. The zero-order chi connectivity index (χ0) is 27.7. The van der Waals surface area contributed by atoms with Gasteiger partial charge in [-0.1, -0.05) is 42.8 Å². The molecule has 4 aliphatic rings. The maximum absolute atomic E-state index is 13.1. The van der Waals surface area contributed by atoms with E-state index in [-0.39, 0.29) is 42.3 Å². The molecule has 0 aromatic heterocycles. The van der Waals surface area contributed by atoms with E-state index in [1.807, 2.05) is 24.3 Å². The first kappa shape index (κ1) is 27.9. The minimum atomic E-state index is -4.41. The molecule has 3 fully saturated rings. The quantitative estimate of drug-likeness (QED) is 0.285. The van der Waals surface area contributed by atoms with Gasteiger partial charge < -0.3 is 14.4 Å². The molecule has 0 amide bonds. The lowest BCUT2D eigenvalue weighted by atomic mass is 9.64. The van der Waals surface area contributed by atoms with Crippen molar-refractivity contribution in [2.75, 3.05) is 19.7 Å². The second-order valence-electron chi connectivity index (χ2n) is 12.0. The molecule has 1 saturated heterocycles. The lowest BCUT2D eigenvalue weighted by Crippen LogP contribution is -2.68. The van der Waals surface area contributed by atoms with Crippen LogP contribution in [0.2, 0.25) is 0 Å². The summed E-state index contributed by atoms with van der Waals surface area (Å²) in [6, 6.07) is 15.4. The Morgan fingerprint density at radius 2 is 1.90 bits per heavy atom. The summed E-state index contributed by atoms with van der Waals surface area (Å²) >= 11 is 0. The molecule has 2 aliphatic carbocycles. The highest BCUT2D eigenvalue weighted by molar-refractivity contribution is 7.47. The second-order valence-corrected chi connectivity index (χ2v) is 13.4. The lowest BCUT2D eigenvalue weighted by Gasteiger charge is -2.54. The number of phosphoric ester groups is 1. The Hall–Kier alpha value is -2.22. The molecule has 6 bridgehead atoms. The van der Waals surface area contributed by atoms with Gasteiger partial charge in [-0.05, 0) is 87.1 Å². The summed E-state index contributed by atoms with van der Waals surface area (Å²) in [5.74, 6) is 0.651. The van der Waals surface area contributed by atoms with Crippen LogP contribution in [0.3, 0.4) is 0 Å². The van der Waals surface area contributed by atoms with Crippen LogP contribution in [0.1, 0.15) is 62.5 Å². The molecular formula is C31H40NO7P. The molecule has 2 saturated carbocycles. The number of carbonyl (C=O) groups excluding carboxylic acids is 1. The van der Waals surface area contributed by atoms with Crippen LogP contribution in [0.25, 0.3) is 0 Å². The first-order valence-corrected chi connectivity index (χ1v) is 16.3. The fraction of sp³-hybridized carbons (Fsp3) is 0.581. The molecule has 0 spiro atoms. The average molecular weight is 570 g/mol. The summed E-state index contributed by atoms with van der Waals surface area (Å²) in [6.45, 7) is 1.90. The van der Waals surface area contributed by atoms with Crippen LogP contribution >= 0.6 is 7.82 Å². The van der Waals surface area contributed by atoms with Gasteiger partial charge in [-0.3, -0.25) is 19.1 Å². The first-order chi connectivity index (χ1) is 19.3. The summed E-state index contributed by atoms with van der Waals surface area (Å²) in [4.78, 5) is 26.0. The van der Waals surface area contributed by atoms with E-state index in [0.29, 0.717) is 31.6 Å². The third-order valence-corrected chi connectivity index (χ3v) is 10.1. The van der Waals surface area contributed by atoms with Crippen molar-refractivity contribution in [1.29, 1.82) is 0 Å². The number of benzene rings is 2. The highest BCUT2D eigenvalue weighted by atomic mass is 31.2. The Kier molecular flexibility index (Phi) is 8.08. The normalized spacial score (nSPS) is 29.4. The zero-order valence-corrected chi connectivity index (χ0v) is 23.8. The number of nitrogens with zero attached hydrogens (tertiary/aromatic N) is 1. The highest BCUT2D eigenvalue weighted by Crippen LogP contribution is 2.51. The van der Waals surface area contributed by atoms with Gasteiger partial charge in [0, 0.05) is 24.9 Å². The smallest absolute Gasteiger partial charge is 0.478 e. The van der Waals surface area contributed by atoms with Gasteiger partial charge in [0.2, 0.25) is 0 Å². The summed E-state index contributed by atoms with van der Waals surface area (Å²) in [5.41, 5.74) is 1.19. The zero-order valence-electron chi connectivity index (χ0n) is 23.0. The minimum absolute atomic E-state index is 0.0405. The van der Waals surface area contributed by atoms with Gasteiger partial charge in [0.05, 0.1) is 12.2 Å². The monoisotopic (exact) mass is 569 g/mol. The molecule has 6 rings (SSSR count). The number of Topliss-reactive ketones (excluding diaryl/α,β-unsaturated/α-hetero) is 1. The summed E-state index contributed by atoms with van der Waals surface area (Å²) in [7, 11) is -4.41. The van der Waals surface area contributed by atoms with E-state index in [4.69, 9.17) is 13.8 Å². The molecule has 9 heteroatoms. The van der Waals surface area contributed by atoms with Gasteiger partial charge in [0.25, 0.3) is 0 Å². The topological polar surface area (TPSA) is 106 Å². The van der Waals surface area contributed by atoms with Crippen molar-refractivity contribution < 1.29 is 33.1 Å². The van der Waals surface area contributed by atoms with Crippen molar-refractivity contribution >= 4 is 13.6 Å². The number of hydrogen-bond acceptors (Lipinski definition) is 7. The van der Waals surface area contributed by atoms with E-state index in [1.54, 1.807) is 12.1 Å². The molecule has 0 radical (unpaired) electrons. The summed E-state index contributed by atoms with van der Waals surface area (Å²) in [5, 5.41) is 12.1. The van der Waals surface area contributed by atoms with Crippen LogP contribution in [0, 0.1) is 11.8 Å².